The molecular formula is C19H25ClN4O3. The molecule has 1 aromatic carbocycles. The van der Waals surface area contributed by atoms with E-state index in [4.69, 9.17) is 9.47 Å². The lowest BCUT2D eigenvalue weighted by Gasteiger charge is -2.26. The maximum atomic E-state index is 13.2. The standard InChI is InChI=1S/C19H24N4O3.ClH/c1-25-12-5-6-13(17(10-12)26-2)16-4-3-9-23(16)19(24)18-14-11-20-8-7-15(14)21-22-18;/h5-6,10,16,20H,3-4,7-9,11H2,1-2H3,(H,21,22);1H. The monoisotopic (exact) mass is 392 g/mol. The van der Waals surface area contributed by atoms with Gasteiger partial charge in [-0.25, -0.2) is 0 Å². The number of methoxy groups -OCH3 is 2. The van der Waals surface area contributed by atoms with E-state index < -0.39 is 0 Å². The van der Waals surface area contributed by atoms with E-state index in [1.807, 2.05) is 23.1 Å². The third kappa shape index (κ3) is 3.49. The third-order valence-electron chi connectivity index (χ3n) is 5.32. The van der Waals surface area contributed by atoms with Crippen LogP contribution in [0.25, 0.3) is 0 Å². The maximum Gasteiger partial charge on any atom is 0.275 e. The minimum absolute atomic E-state index is 0. The Morgan fingerprint density at radius 2 is 2.15 bits per heavy atom. The number of halogens is 1. The molecule has 7 nitrogen and oxygen atoms in total. The SMILES string of the molecule is COc1ccc(C2CCCN2C(=O)c2n[nH]c3c2CNCC3)c(OC)c1.Cl. The van der Waals surface area contributed by atoms with Crippen LogP contribution in [0, 0.1) is 0 Å². The molecule has 0 radical (unpaired) electrons. The molecule has 8 heteroatoms. The van der Waals surface area contributed by atoms with Gasteiger partial charge in [0.1, 0.15) is 11.5 Å². The molecule has 0 saturated carbocycles. The summed E-state index contributed by atoms with van der Waals surface area (Å²) in [6, 6.07) is 5.78. The highest BCUT2D eigenvalue weighted by atomic mass is 35.5. The summed E-state index contributed by atoms with van der Waals surface area (Å²) < 4.78 is 10.8. The lowest BCUT2D eigenvalue weighted by Crippen LogP contribution is -2.33. The predicted octanol–water partition coefficient (Wildman–Crippen LogP) is 2.47. The van der Waals surface area contributed by atoms with Gasteiger partial charge in [0, 0.05) is 48.9 Å². The van der Waals surface area contributed by atoms with Crippen molar-refractivity contribution in [1.82, 2.24) is 20.4 Å². The highest BCUT2D eigenvalue weighted by Crippen LogP contribution is 2.39. The van der Waals surface area contributed by atoms with Crippen LogP contribution in [-0.4, -0.2) is 48.3 Å². The smallest absolute Gasteiger partial charge is 0.275 e. The van der Waals surface area contributed by atoms with Gasteiger partial charge >= 0.3 is 0 Å². The van der Waals surface area contributed by atoms with E-state index in [0.717, 1.165) is 60.7 Å². The van der Waals surface area contributed by atoms with Gasteiger partial charge in [0.25, 0.3) is 5.91 Å². The number of nitrogens with zero attached hydrogens (tertiary/aromatic N) is 2. The Kier molecular flexibility index (Phi) is 5.92. The van der Waals surface area contributed by atoms with Crippen molar-refractivity contribution in [3.8, 4) is 11.5 Å². The number of aromatic amines is 1. The Balaban J connectivity index is 0.00000210. The number of likely N-dealkylation sites (tertiary alicyclic amines) is 1. The zero-order valence-electron chi connectivity index (χ0n) is 15.6. The second-order valence-electron chi connectivity index (χ2n) is 6.72. The number of hydrogen-bond donors (Lipinski definition) is 2. The van der Waals surface area contributed by atoms with Crippen molar-refractivity contribution in [3.63, 3.8) is 0 Å². The molecular weight excluding hydrogens is 368 g/mol. The second-order valence-corrected chi connectivity index (χ2v) is 6.72. The van der Waals surface area contributed by atoms with Gasteiger partial charge in [-0.2, -0.15) is 5.10 Å². The molecule has 1 atom stereocenters. The van der Waals surface area contributed by atoms with Gasteiger partial charge in [0.15, 0.2) is 5.69 Å². The number of carbonyl (C=O) groups is 1. The van der Waals surface area contributed by atoms with Crippen LogP contribution in [0.3, 0.4) is 0 Å². The topological polar surface area (TPSA) is 79.5 Å². The predicted molar refractivity (Wildman–Crippen MR) is 104 cm³/mol. The molecule has 2 N–H and O–H groups in total. The molecule has 1 saturated heterocycles. The maximum absolute atomic E-state index is 13.2. The van der Waals surface area contributed by atoms with Gasteiger partial charge in [0.05, 0.1) is 20.3 Å². The number of carbonyl (C=O) groups excluding carboxylic acids is 1. The highest BCUT2D eigenvalue weighted by Gasteiger charge is 2.35. The van der Waals surface area contributed by atoms with Crippen LogP contribution < -0.4 is 14.8 Å². The average molecular weight is 393 g/mol. The zero-order chi connectivity index (χ0) is 18.1. The molecule has 0 spiro atoms. The summed E-state index contributed by atoms with van der Waals surface area (Å²) in [7, 11) is 3.28. The number of ether oxygens (including phenoxy) is 2. The van der Waals surface area contributed by atoms with Crippen LogP contribution in [0.15, 0.2) is 18.2 Å². The molecule has 3 heterocycles. The highest BCUT2D eigenvalue weighted by molar-refractivity contribution is 5.94. The van der Waals surface area contributed by atoms with Gasteiger partial charge in [-0.15, -0.1) is 12.4 Å². The molecule has 27 heavy (non-hydrogen) atoms. The normalized spacial score (nSPS) is 18.6. The minimum atomic E-state index is -0.00780. The molecule has 1 fully saturated rings. The van der Waals surface area contributed by atoms with Gasteiger partial charge in [-0.3, -0.25) is 9.89 Å². The van der Waals surface area contributed by atoms with Crippen molar-refractivity contribution in [3.05, 3.63) is 40.7 Å². The molecule has 1 aromatic heterocycles. The lowest BCUT2D eigenvalue weighted by molar-refractivity contribution is 0.0726. The molecule has 2 aliphatic heterocycles. The largest absolute Gasteiger partial charge is 0.497 e. The molecule has 146 valence electrons. The second kappa shape index (κ2) is 8.19. The Hall–Kier alpha value is -2.25. The fourth-order valence-corrected chi connectivity index (χ4v) is 3.97. The van der Waals surface area contributed by atoms with Crippen LogP contribution in [-0.2, 0) is 13.0 Å². The van der Waals surface area contributed by atoms with E-state index in [0.29, 0.717) is 12.2 Å². The third-order valence-corrected chi connectivity index (χ3v) is 5.32. The van der Waals surface area contributed by atoms with E-state index in [1.54, 1.807) is 14.2 Å². The minimum Gasteiger partial charge on any atom is -0.497 e. The molecule has 1 unspecified atom stereocenters. The molecule has 0 aliphatic carbocycles. The molecule has 2 aromatic rings. The van der Waals surface area contributed by atoms with Gasteiger partial charge < -0.3 is 19.7 Å². The summed E-state index contributed by atoms with van der Waals surface area (Å²) in [6.07, 6.45) is 2.76. The van der Waals surface area contributed by atoms with Crippen molar-refractivity contribution in [2.75, 3.05) is 27.3 Å². The Labute approximate surface area is 164 Å². The number of H-pyrrole nitrogens is 1. The first-order valence-corrected chi connectivity index (χ1v) is 9.02. The summed E-state index contributed by atoms with van der Waals surface area (Å²) in [6.45, 7) is 2.34. The number of benzene rings is 1. The summed E-state index contributed by atoms with van der Waals surface area (Å²) in [4.78, 5) is 15.2. The molecule has 1 amide bonds. The van der Waals surface area contributed by atoms with E-state index in [9.17, 15) is 4.79 Å². The van der Waals surface area contributed by atoms with Crippen molar-refractivity contribution >= 4 is 18.3 Å². The van der Waals surface area contributed by atoms with Crippen LogP contribution in [0.4, 0.5) is 0 Å². The van der Waals surface area contributed by atoms with Crippen molar-refractivity contribution in [2.24, 2.45) is 0 Å². The first-order chi connectivity index (χ1) is 12.7. The first kappa shape index (κ1) is 19.5. The summed E-state index contributed by atoms with van der Waals surface area (Å²) in [5.41, 5.74) is 3.65. The summed E-state index contributed by atoms with van der Waals surface area (Å²) in [5, 5.41) is 10.7. The van der Waals surface area contributed by atoms with E-state index in [1.165, 1.54) is 0 Å². The number of fused-ring (bicyclic) bond motifs is 1. The first-order valence-electron chi connectivity index (χ1n) is 9.02. The Bertz CT molecular complexity index is 823. The average Bonchev–Trinajstić information content (AvgIpc) is 3.34. The van der Waals surface area contributed by atoms with E-state index in [2.05, 4.69) is 15.5 Å². The van der Waals surface area contributed by atoms with Gasteiger partial charge in [0.2, 0.25) is 0 Å². The number of hydrogen-bond acceptors (Lipinski definition) is 5. The number of rotatable bonds is 4. The van der Waals surface area contributed by atoms with Gasteiger partial charge in [-0.05, 0) is 25.0 Å². The Morgan fingerprint density at radius 3 is 2.93 bits per heavy atom. The van der Waals surface area contributed by atoms with E-state index >= 15 is 0 Å². The number of amides is 1. The van der Waals surface area contributed by atoms with Crippen LogP contribution in [0.2, 0.25) is 0 Å². The fraction of sp³-hybridized carbons (Fsp3) is 0.474. The lowest BCUT2D eigenvalue weighted by atomic mass is 10.0. The Morgan fingerprint density at radius 1 is 1.30 bits per heavy atom. The summed E-state index contributed by atoms with van der Waals surface area (Å²) in [5.74, 6) is 1.49. The van der Waals surface area contributed by atoms with Crippen molar-refractivity contribution < 1.29 is 14.3 Å². The number of aromatic nitrogens is 2. The number of nitrogens with one attached hydrogen (secondary N) is 2. The molecule has 0 bridgehead atoms. The molecule has 2 aliphatic rings. The fourth-order valence-electron chi connectivity index (χ4n) is 3.97. The van der Waals surface area contributed by atoms with Crippen molar-refractivity contribution in [2.45, 2.75) is 31.8 Å². The van der Waals surface area contributed by atoms with Gasteiger partial charge in [-0.1, -0.05) is 0 Å². The quantitative estimate of drug-likeness (QED) is 0.835. The molecule has 4 rings (SSSR count). The van der Waals surface area contributed by atoms with Crippen molar-refractivity contribution in [1.29, 1.82) is 0 Å². The van der Waals surface area contributed by atoms with E-state index in [-0.39, 0.29) is 24.4 Å². The van der Waals surface area contributed by atoms with Crippen LogP contribution in [0.5, 0.6) is 11.5 Å². The van der Waals surface area contributed by atoms with Crippen LogP contribution in [0.1, 0.15) is 46.2 Å². The summed E-state index contributed by atoms with van der Waals surface area (Å²) >= 11 is 0. The van der Waals surface area contributed by atoms with Crippen LogP contribution >= 0.6 is 12.4 Å². The zero-order valence-corrected chi connectivity index (χ0v) is 16.4.